The molecule has 0 aromatic carbocycles. The normalized spacial score (nSPS) is 13.5. The molecule has 0 saturated carbocycles. The number of rotatable bonds is 5. The average molecular weight is 200 g/mol. The van der Waals surface area contributed by atoms with Gasteiger partial charge in [0.2, 0.25) is 0 Å². The molecule has 0 aromatic rings. The summed E-state index contributed by atoms with van der Waals surface area (Å²) < 4.78 is 4.75. The lowest BCUT2D eigenvalue weighted by atomic mass is 10.1. The molecule has 1 atom stereocenters. The molecule has 1 N–H and O–H groups in total. The van der Waals surface area contributed by atoms with Gasteiger partial charge >= 0.3 is 11.9 Å². The molecule has 80 valence electrons. The van der Waals surface area contributed by atoms with Crippen LogP contribution in [-0.4, -0.2) is 23.7 Å². The van der Waals surface area contributed by atoms with Crippen molar-refractivity contribution in [2.45, 2.75) is 27.2 Å². The molecule has 0 aliphatic carbocycles. The molecular formula is C10H16O4. The van der Waals surface area contributed by atoms with Crippen LogP contribution in [0, 0.1) is 5.92 Å². The first-order chi connectivity index (χ1) is 6.52. The van der Waals surface area contributed by atoms with E-state index in [9.17, 15) is 9.59 Å². The predicted octanol–water partition coefficient (Wildman–Crippen LogP) is 1.61. The van der Waals surface area contributed by atoms with Gasteiger partial charge in [0, 0.05) is 5.57 Å². The highest BCUT2D eigenvalue weighted by molar-refractivity contribution is 5.87. The maximum atomic E-state index is 11.2. The Labute approximate surface area is 83.6 Å². The molecule has 0 radical (unpaired) electrons. The van der Waals surface area contributed by atoms with Crippen molar-refractivity contribution in [2.24, 2.45) is 5.92 Å². The van der Waals surface area contributed by atoms with Gasteiger partial charge in [-0.3, -0.25) is 4.79 Å². The summed E-state index contributed by atoms with van der Waals surface area (Å²) in [6.07, 6.45) is 1.83. The molecule has 4 nitrogen and oxygen atoms in total. The largest absolute Gasteiger partial charge is 0.478 e. The molecule has 14 heavy (non-hydrogen) atoms. The van der Waals surface area contributed by atoms with Crippen molar-refractivity contribution in [3.63, 3.8) is 0 Å². The van der Waals surface area contributed by atoms with Gasteiger partial charge in [0.05, 0.1) is 12.5 Å². The van der Waals surface area contributed by atoms with Crippen molar-refractivity contribution in [1.82, 2.24) is 0 Å². The Morgan fingerprint density at radius 3 is 2.36 bits per heavy atom. The zero-order valence-electron chi connectivity index (χ0n) is 8.74. The number of carbonyl (C=O) groups excluding carboxylic acids is 1. The monoisotopic (exact) mass is 200 g/mol. The number of hydrogen-bond acceptors (Lipinski definition) is 3. The molecule has 0 heterocycles. The van der Waals surface area contributed by atoms with Gasteiger partial charge in [0.25, 0.3) is 0 Å². The quantitative estimate of drug-likeness (QED) is 0.541. The minimum Gasteiger partial charge on any atom is -0.478 e. The molecule has 0 aliphatic rings. The zero-order chi connectivity index (χ0) is 11.1. The molecule has 0 bridgehead atoms. The van der Waals surface area contributed by atoms with Crippen LogP contribution in [0.5, 0.6) is 0 Å². The highest BCUT2D eigenvalue weighted by Gasteiger charge is 2.14. The molecular weight excluding hydrogens is 184 g/mol. The lowest BCUT2D eigenvalue weighted by Gasteiger charge is -2.06. The van der Waals surface area contributed by atoms with Gasteiger partial charge in [-0.15, -0.1) is 0 Å². The third kappa shape index (κ3) is 4.07. The van der Waals surface area contributed by atoms with Crippen molar-refractivity contribution in [3.8, 4) is 0 Å². The summed E-state index contributed by atoms with van der Waals surface area (Å²) in [6, 6.07) is 0. The minimum absolute atomic E-state index is 0.241. The highest BCUT2D eigenvalue weighted by Crippen LogP contribution is 2.08. The van der Waals surface area contributed by atoms with Crippen LogP contribution < -0.4 is 0 Å². The number of esters is 1. The van der Waals surface area contributed by atoms with E-state index in [4.69, 9.17) is 9.84 Å². The van der Waals surface area contributed by atoms with E-state index in [-0.39, 0.29) is 11.5 Å². The number of carboxylic acid groups (broad SMARTS) is 1. The van der Waals surface area contributed by atoms with Gasteiger partial charge in [0.1, 0.15) is 0 Å². The number of aliphatic carboxylic acids is 1. The summed E-state index contributed by atoms with van der Waals surface area (Å²) in [5.41, 5.74) is 0.241. The Morgan fingerprint density at radius 1 is 1.43 bits per heavy atom. The standard InChI is InChI=1S/C10H16O4/c1-4-8(9(11)12)6-7(3)10(13)14-5-2/h6-7H,4-5H2,1-3H3,(H,11,12). The lowest BCUT2D eigenvalue weighted by Crippen LogP contribution is -2.14. The van der Waals surface area contributed by atoms with E-state index >= 15 is 0 Å². The molecule has 0 amide bonds. The molecule has 4 heteroatoms. The van der Waals surface area contributed by atoms with E-state index in [1.54, 1.807) is 20.8 Å². The minimum atomic E-state index is -0.983. The molecule has 0 rings (SSSR count). The van der Waals surface area contributed by atoms with E-state index in [0.29, 0.717) is 13.0 Å². The van der Waals surface area contributed by atoms with E-state index < -0.39 is 11.9 Å². The number of carboxylic acids is 1. The van der Waals surface area contributed by atoms with Gasteiger partial charge in [0.15, 0.2) is 0 Å². The number of hydrogen-bond donors (Lipinski definition) is 1. The number of carbonyl (C=O) groups is 2. The summed E-state index contributed by atoms with van der Waals surface area (Å²) in [5.74, 6) is -1.87. The van der Waals surface area contributed by atoms with Gasteiger partial charge in [-0.2, -0.15) is 0 Å². The summed E-state index contributed by atoms with van der Waals surface area (Å²) >= 11 is 0. The fraction of sp³-hybridized carbons (Fsp3) is 0.600. The van der Waals surface area contributed by atoms with Crippen molar-refractivity contribution in [1.29, 1.82) is 0 Å². The first kappa shape index (κ1) is 12.7. The Kier molecular flexibility index (Phi) is 5.60. The third-order valence-corrected chi connectivity index (χ3v) is 1.77. The second-order valence-corrected chi connectivity index (χ2v) is 2.89. The summed E-state index contributed by atoms with van der Waals surface area (Å²) in [4.78, 5) is 21.8. The predicted molar refractivity (Wildman–Crippen MR) is 51.8 cm³/mol. The fourth-order valence-electron chi connectivity index (χ4n) is 0.984. The maximum absolute atomic E-state index is 11.2. The first-order valence-electron chi connectivity index (χ1n) is 4.63. The first-order valence-corrected chi connectivity index (χ1v) is 4.63. The highest BCUT2D eigenvalue weighted by atomic mass is 16.5. The van der Waals surface area contributed by atoms with Gasteiger partial charge in [-0.25, -0.2) is 4.79 Å². The molecule has 0 aromatic heterocycles. The van der Waals surface area contributed by atoms with Crippen molar-refractivity contribution < 1.29 is 19.4 Å². The Balaban J connectivity index is 4.45. The molecule has 0 aliphatic heterocycles. The topological polar surface area (TPSA) is 63.6 Å². The fourth-order valence-corrected chi connectivity index (χ4v) is 0.984. The van der Waals surface area contributed by atoms with Gasteiger partial charge < -0.3 is 9.84 Å². The van der Waals surface area contributed by atoms with Crippen molar-refractivity contribution in [3.05, 3.63) is 11.6 Å². The Bertz CT molecular complexity index is 243. The molecule has 0 spiro atoms. The summed E-state index contributed by atoms with van der Waals surface area (Å²) in [5, 5.41) is 8.71. The van der Waals surface area contributed by atoms with E-state index in [1.165, 1.54) is 6.08 Å². The summed E-state index contributed by atoms with van der Waals surface area (Å²) in [6.45, 7) is 5.38. The van der Waals surface area contributed by atoms with Gasteiger partial charge in [-0.05, 0) is 20.3 Å². The van der Waals surface area contributed by atoms with Crippen LogP contribution in [-0.2, 0) is 14.3 Å². The third-order valence-electron chi connectivity index (χ3n) is 1.77. The zero-order valence-corrected chi connectivity index (χ0v) is 8.74. The van der Waals surface area contributed by atoms with Crippen LogP contribution in [0.2, 0.25) is 0 Å². The van der Waals surface area contributed by atoms with Crippen LogP contribution in [0.15, 0.2) is 11.6 Å². The van der Waals surface area contributed by atoms with E-state index in [0.717, 1.165) is 0 Å². The van der Waals surface area contributed by atoms with Crippen molar-refractivity contribution >= 4 is 11.9 Å². The molecule has 0 fully saturated rings. The number of ether oxygens (including phenoxy) is 1. The van der Waals surface area contributed by atoms with Crippen LogP contribution in [0.25, 0.3) is 0 Å². The maximum Gasteiger partial charge on any atom is 0.331 e. The second kappa shape index (κ2) is 6.18. The lowest BCUT2D eigenvalue weighted by molar-refractivity contribution is -0.145. The molecule has 0 saturated heterocycles. The Morgan fingerprint density at radius 2 is 2.00 bits per heavy atom. The SMILES string of the molecule is CCOC(=O)C(C)C=C(CC)C(=O)O. The average Bonchev–Trinajstić information content (AvgIpc) is 2.13. The smallest absolute Gasteiger partial charge is 0.331 e. The molecule has 1 unspecified atom stereocenters. The second-order valence-electron chi connectivity index (χ2n) is 2.89. The van der Waals surface area contributed by atoms with Crippen molar-refractivity contribution in [2.75, 3.05) is 6.61 Å². The Hall–Kier alpha value is -1.32. The van der Waals surface area contributed by atoms with E-state index in [1.807, 2.05) is 0 Å². The van der Waals surface area contributed by atoms with Crippen LogP contribution in [0.4, 0.5) is 0 Å². The van der Waals surface area contributed by atoms with Crippen LogP contribution >= 0.6 is 0 Å². The van der Waals surface area contributed by atoms with Gasteiger partial charge in [-0.1, -0.05) is 13.0 Å². The van der Waals surface area contributed by atoms with Crippen LogP contribution in [0.3, 0.4) is 0 Å². The summed E-state index contributed by atoms with van der Waals surface area (Å²) in [7, 11) is 0. The van der Waals surface area contributed by atoms with Crippen LogP contribution in [0.1, 0.15) is 27.2 Å². The van der Waals surface area contributed by atoms with E-state index in [2.05, 4.69) is 0 Å².